The molecule has 1 amide bonds. The van der Waals surface area contributed by atoms with E-state index in [4.69, 9.17) is 14.6 Å². The van der Waals surface area contributed by atoms with Gasteiger partial charge in [-0.15, -0.1) is 0 Å². The lowest BCUT2D eigenvalue weighted by atomic mass is 10.1. The summed E-state index contributed by atoms with van der Waals surface area (Å²) in [7, 11) is 1.37. The molecule has 0 saturated heterocycles. The highest BCUT2D eigenvalue weighted by molar-refractivity contribution is 5.98. The second-order valence-electron chi connectivity index (χ2n) is 3.75. The fraction of sp³-hybridized carbons (Fsp3) is 0.385. The molecule has 0 spiro atoms. The molecular weight excluding hydrogens is 250 g/mol. The van der Waals surface area contributed by atoms with Crippen LogP contribution >= 0.6 is 0 Å². The van der Waals surface area contributed by atoms with Gasteiger partial charge in [0.2, 0.25) is 0 Å². The predicted molar refractivity (Wildman–Crippen MR) is 68.4 cm³/mol. The molecule has 1 aromatic carbocycles. The van der Waals surface area contributed by atoms with Crippen molar-refractivity contribution in [1.29, 1.82) is 0 Å². The highest BCUT2D eigenvalue weighted by Gasteiger charge is 2.22. The van der Waals surface area contributed by atoms with E-state index in [9.17, 15) is 9.59 Å². The molecule has 0 radical (unpaired) electrons. The van der Waals surface area contributed by atoms with Crippen LogP contribution in [0.25, 0.3) is 0 Å². The number of benzene rings is 1. The lowest BCUT2D eigenvalue weighted by molar-refractivity contribution is -0.140. The van der Waals surface area contributed by atoms with Gasteiger partial charge >= 0.3 is 5.97 Å². The first kappa shape index (κ1) is 15.0. The number of nitrogens with one attached hydrogen (secondary N) is 1. The summed E-state index contributed by atoms with van der Waals surface area (Å²) in [6, 6.07) is 5.57. The van der Waals surface area contributed by atoms with E-state index in [1.165, 1.54) is 7.11 Å². The van der Waals surface area contributed by atoms with Crippen molar-refractivity contribution in [3.63, 3.8) is 0 Å². The summed E-state index contributed by atoms with van der Waals surface area (Å²) < 4.78 is 10.1. The number of carbonyl (C=O) groups excluding carboxylic acids is 1. The molecule has 19 heavy (non-hydrogen) atoms. The standard InChI is InChI=1S/C13H17NO5/c1-3-19-11-7-5-4-6-9(11)12(15)14-10(8-18-2)13(16)17/h4-7,10H,3,8H2,1-2H3,(H,14,15)(H,16,17)/t10-/m0/s1. The number of hydrogen-bond donors (Lipinski definition) is 2. The van der Waals surface area contributed by atoms with Gasteiger partial charge in [-0.1, -0.05) is 12.1 Å². The average Bonchev–Trinajstić information content (AvgIpc) is 2.39. The normalized spacial score (nSPS) is 11.7. The highest BCUT2D eigenvalue weighted by Crippen LogP contribution is 2.17. The van der Waals surface area contributed by atoms with Crippen LogP contribution in [0.3, 0.4) is 0 Å². The van der Waals surface area contributed by atoms with Gasteiger partial charge in [-0.25, -0.2) is 4.79 Å². The zero-order chi connectivity index (χ0) is 14.3. The predicted octanol–water partition coefficient (Wildman–Crippen LogP) is 0.915. The Labute approximate surface area is 111 Å². The summed E-state index contributed by atoms with van der Waals surface area (Å²) in [5, 5.41) is 11.3. The third kappa shape index (κ3) is 4.26. The number of methoxy groups -OCH3 is 1. The Morgan fingerprint density at radius 1 is 1.37 bits per heavy atom. The van der Waals surface area contributed by atoms with Gasteiger partial charge in [-0.3, -0.25) is 4.79 Å². The van der Waals surface area contributed by atoms with Crippen molar-refractivity contribution in [3.8, 4) is 5.75 Å². The van der Waals surface area contributed by atoms with Gasteiger partial charge in [0.1, 0.15) is 5.75 Å². The summed E-state index contributed by atoms with van der Waals surface area (Å²) in [6.45, 7) is 2.13. The number of para-hydroxylation sites is 1. The summed E-state index contributed by atoms with van der Waals surface area (Å²) in [6.07, 6.45) is 0. The van der Waals surface area contributed by atoms with E-state index in [2.05, 4.69) is 5.32 Å². The number of aliphatic carboxylic acids is 1. The first-order chi connectivity index (χ1) is 9.10. The Morgan fingerprint density at radius 2 is 2.05 bits per heavy atom. The van der Waals surface area contributed by atoms with E-state index in [0.29, 0.717) is 17.9 Å². The molecule has 1 rings (SSSR count). The van der Waals surface area contributed by atoms with Gasteiger partial charge < -0.3 is 19.9 Å². The topological polar surface area (TPSA) is 84.9 Å². The number of hydrogen-bond acceptors (Lipinski definition) is 4. The van der Waals surface area contributed by atoms with Crippen LogP contribution in [0.4, 0.5) is 0 Å². The fourth-order valence-corrected chi connectivity index (χ4v) is 1.51. The Morgan fingerprint density at radius 3 is 2.63 bits per heavy atom. The van der Waals surface area contributed by atoms with Crippen molar-refractivity contribution < 1.29 is 24.2 Å². The summed E-state index contributed by atoms with van der Waals surface area (Å²) in [5.41, 5.74) is 0.298. The van der Waals surface area contributed by atoms with Gasteiger partial charge in [0.05, 0.1) is 18.8 Å². The Bertz CT molecular complexity index is 446. The molecule has 0 heterocycles. The van der Waals surface area contributed by atoms with Gasteiger partial charge in [0.15, 0.2) is 6.04 Å². The van der Waals surface area contributed by atoms with Gasteiger partial charge in [0.25, 0.3) is 5.91 Å². The van der Waals surface area contributed by atoms with Crippen molar-refractivity contribution in [1.82, 2.24) is 5.32 Å². The maximum absolute atomic E-state index is 12.0. The van der Waals surface area contributed by atoms with Crippen LogP contribution in [-0.2, 0) is 9.53 Å². The lowest BCUT2D eigenvalue weighted by Gasteiger charge is -2.15. The zero-order valence-electron chi connectivity index (χ0n) is 10.9. The van der Waals surface area contributed by atoms with E-state index in [-0.39, 0.29) is 6.61 Å². The Kier molecular flexibility index (Phi) is 5.81. The van der Waals surface area contributed by atoms with Crippen LogP contribution in [0, 0.1) is 0 Å². The van der Waals surface area contributed by atoms with Crippen molar-refractivity contribution in [2.24, 2.45) is 0 Å². The maximum Gasteiger partial charge on any atom is 0.328 e. The van der Waals surface area contributed by atoms with Crippen LogP contribution in [-0.4, -0.2) is 43.3 Å². The Balaban J connectivity index is 2.84. The minimum absolute atomic E-state index is 0.0993. The monoisotopic (exact) mass is 267 g/mol. The molecule has 0 saturated carbocycles. The third-order valence-corrected chi connectivity index (χ3v) is 2.37. The second kappa shape index (κ2) is 7.38. The lowest BCUT2D eigenvalue weighted by Crippen LogP contribution is -2.43. The summed E-state index contributed by atoms with van der Waals surface area (Å²) in [4.78, 5) is 23.0. The molecular formula is C13H17NO5. The van der Waals surface area contributed by atoms with Gasteiger partial charge in [-0.2, -0.15) is 0 Å². The SMILES string of the molecule is CCOc1ccccc1C(=O)N[C@@H](COC)C(=O)O. The number of carboxylic acid groups (broad SMARTS) is 1. The molecule has 1 atom stereocenters. The van der Waals surface area contributed by atoms with E-state index in [1.807, 2.05) is 0 Å². The molecule has 6 nitrogen and oxygen atoms in total. The van der Waals surface area contributed by atoms with E-state index >= 15 is 0 Å². The van der Waals surface area contributed by atoms with E-state index in [0.717, 1.165) is 0 Å². The number of rotatable bonds is 7. The van der Waals surface area contributed by atoms with E-state index in [1.54, 1.807) is 31.2 Å². The molecule has 104 valence electrons. The van der Waals surface area contributed by atoms with Crippen LogP contribution in [0.2, 0.25) is 0 Å². The largest absolute Gasteiger partial charge is 0.493 e. The maximum atomic E-state index is 12.0. The second-order valence-corrected chi connectivity index (χ2v) is 3.75. The molecule has 0 aliphatic rings. The fourth-order valence-electron chi connectivity index (χ4n) is 1.51. The summed E-state index contributed by atoms with van der Waals surface area (Å²) >= 11 is 0. The first-order valence-corrected chi connectivity index (χ1v) is 5.84. The van der Waals surface area contributed by atoms with Crippen LogP contribution < -0.4 is 10.1 Å². The van der Waals surface area contributed by atoms with E-state index < -0.39 is 17.9 Å². The quantitative estimate of drug-likeness (QED) is 0.767. The first-order valence-electron chi connectivity index (χ1n) is 5.84. The molecule has 0 unspecified atom stereocenters. The Hall–Kier alpha value is -2.08. The molecule has 0 fully saturated rings. The molecule has 0 aromatic heterocycles. The van der Waals surface area contributed by atoms with Gasteiger partial charge in [-0.05, 0) is 19.1 Å². The molecule has 1 aromatic rings. The van der Waals surface area contributed by atoms with Crippen molar-refractivity contribution in [3.05, 3.63) is 29.8 Å². The smallest absolute Gasteiger partial charge is 0.328 e. The zero-order valence-corrected chi connectivity index (χ0v) is 10.9. The highest BCUT2D eigenvalue weighted by atomic mass is 16.5. The minimum Gasteiger partial charge on any atom is -0.493 e. The average molecular weight is 267 g/mol. The molecule has 6 heteroatoms. The molecule has 0 aliphatic carbocycles. The minimum atomic E-state index is -1.15. The van der Waals surface area contributed by atoms with Crippen molar-refractivity contribution >= 4 is 11.9 Å². The molecule has 0 bridgehead atoms. The number of carbonyl (C=O) groups is 2. The van der Waals surface area contributed by atoms with Crippen LogP contribution in [0.15, 0.2) is 24.3 Å². The van der Waals surface area contributed by atoms with Gasteiger partial charge in [0, 0.05) is 7.11 Å². The van der Waals surface area contributed by atoms with Crippen molar-refractivity contribution in [2.75, 3.05) is 20.3 Å². The third-order valence-electron chi connectivity index (χ3n) is 2.37. The summed E-state index contributed by atoms with van der Waals surface area (Å²) in [5.74, 6) is -1.23. The number of ether oxygens (including phenoxy) is 2. The molecule has 2 N–H and O–H groups in total. The number of amides is 1. The molecule has 0 aliphatic heterocycles. The van der Waals surface area contributed by atoms with Crippen molar-refractivity contribution in [2.45, 2.75) is 13.0 Å². The number of carboxylic acids is 1. The van der Waals surface area contributed by atoms with Crippen LogP contribution in [0.5, 0.6) is 5.75 Å². The van der Waals surface area contributed by atoms with Crippen LogP contribution in [0.1, 0.15) is 17.3 Å².